The number of alkyl halides is 1. The van der Waals surface area contributed by atoms with Crippen LogP contribution in [0.3, 0.4) is 0 Å². The van der Waals surface area contributed by atoms with E-state index in [1.807, 2.05) is 0 Å². The topological polar surface area (TPSA) is 17.1 Å². The van der Waals surface area contributed by atoms with Crippen molar-refractivity contribution in [1.29, 1.82) is 0 Å². The zero-order valence-corrected chi connectivity index (χ0v) is 15.1. The van der Waals surface area contributed by atoms with Crippen LogP contribution in [-0.4, -0.2) is 10.6 Å². The Bertz CT molecular complexity index is 460. The molecule has 7 atom stereocenters. The van der Waals surface area contributed by atoms with Crippen LogP contribution in [0.4, 0.5) is 0 Å². The average Bonchev–Trinajstić information content (AvgIpc) is 2.70. The van der Waals surface area contributed by atoms with Crippen LogP contribution in [0.5, 0.6) is 0 Å². The molecule has 4 fully saturated rings. The highest BCUT2D eigenvalue weighted by atomic mass is 79.9. The maximum atomic E-state index is 12.7. The van der Waals surface area contributed by atoms with Gasteiger partial charge in [0.25, 0.3) is 0 Å². The van der Waals surface area contributed by atoms with Crippen molar-refractivity contribution >= 4 is 21.7 Å². The van der Waals surface area contributed by atoms with Crippen molar-refractivity contribution in [2.45, 2.75) is 76.5 Å². The third-order valence-corrected chi connectivity index (χ3v) is 9.07. The summed E-state index contributed by atoms with van der Waals surface area (Å²) in [5.41, 5.74) is 0.586. The van der Waals surface area contributed by atoms with Crippen LogP contribution in [0.2, 0.25) is 0 Å². The molecule has 1 nitrogen and oxygen atoms in total. The lowest BCUT2D eigenvalue weighted by Gasteiger charge is -2.59. The molecule has 4 saturated carbocycles. The van der Waals surface area contributed by atoms with Crippen molar-refractivity contribution in [2.24, 2.45) is 34.5 Å². The summed E-state index contributed by atoms with van der Waals surface area (Å²) in [6.45, 7) is 4.89. The molecule has 0 aromatic carbocycles. The summed E-state index contributed by atoms with van der Waals surface area (Å²) in [6.07, 6.45) is 12.2. The Balaban J connectivity index is 1.67. The average molecular weight is 353 g/mol. The first-order valence-corrected chi connectivity index (χ1v) is 10.1. The summed E-state index contributed by atoms with van der Waals surface area (Å²) < 4.78 is 0. The third-order valence-electron chi connectivity index (χ3n) is 8.28. The first kappa shape index (κ1) is 14.7. The number of hydrogen-bond donors (Lipinski definition) is 0. The Morgan fingerprint density at radius 2 is 1.81 bits per heavy atom. The fourth-order valence-electron chi connectivity index (χ4n) is 7.04. The van der Waals surface area contributed by atoms with Crippen molar-refractivity contribution in [3.63, 3.8) is 0 Å². The van der Waals surface area contributed by atoms with E-state index >= 15 is 0 Å². The monoisotopic (exact) mass is 352 g/mol. The molecule has 21 heavy (non-hydrogen) atoms. The Morgan fingerprint density at radius 1 is 1.00 bits per heavy atom. The van der Waals surface area contributed by atoms with Crippen molar-refractivity contribution < 1.29 is 4.79 Å². The third kappa shape index (κ3) is 1.90. The lowest BCUT2D eigenvalue weighted by atomic mass is 9.45. The molecule has 0 aromatic heterocycles. The fraction of sp³-hybridized carbons (Fsp3) is 0.947. The molecule has 0 aliphatic heterocycles. The van der Waals surface area contributed by atoms with Crippen LogP contribution in [0, 0.1) is 34.5 Å². The second kappa shape index (κ2) is 4.82. The number of hydrogen-bond acceptors (Lipinski definition) is 1. The van der Waals surface area contributed by atoms with Gasteiger partial charge < -0.3 is 0 Å². The number of carbonyl (C=O) groups excluding carboxylic acids is 1. The molecule has 2 heteroatoms. The van der Waals surface area contributed by atoms with Gasteiger partial charge in [0.1, 0.15) is 0 Å². The zero-order chi connectivity index (χ0) is 14.8. The van der Waals surface area contributed by atoms with Crippen LogP contribution in [0.1, 0.15) is 71.6 Å². The normalized spacial score (nSPS) is 56.5. The predicted molar refractivity (Wildman–Crippen MR) is 89.4 cm³/mol. The highest BCUT2D eigenvalue weighted by Gasteiger charge is 2.61. The summed E-state index contributed by atoms with van der Waals surface area (Å²) in [5, 5.41) is 0. The molecule has 0 aromatic rings. The van der Waals surface area contributed by atoms with Crippen molar-refractivity contribution in [2.75, 3.05) is 0 Å². The molecular weight excluding hydrogens is 324 g/mol. The van der Waals surface area contributed by atoms with Gasteiger partial charge in [0.2, 0.25) is 0 Å². The molecule has 4 aliphatic rings. The fourth-order valence-corrected chi connectivity index (χ4v) is 7.97. The van der Waals surface area contributed by atoms with E-state index in [-0.39, 0.29) is 10.2 Å². The first-order chi connectivity index (χ1) is 9.97. The minimum absolute atomic E-state index is 0.00675. The van der Waals surface area contributed by atoms with Crippen LogP contribution >= 0.6 is 15.9 Å². The minimum atomic E-state index is -0.00675. The number of Topliss-reactive ketones (excluding diaryl/α,β-unsaturated/α-hetero) is 1. The Morgan fingerprint density at radius 3 is 2.62 bits per heavy atom. The highest BCUT2D eigenvalue weighted by molar-refractivity contribution is 9.10. The second-order valence-electron chi connectivity index (χ2n) is 8.93. The predicted octanol–water partition coefficient (Wildman–Crippen LogP) is 5.36. The maximum absolute atomic E-state index is 12.7. The van der Waals surface area contributed by atoms with Gasteiger partial charge in [0.05, 0.1) is 4.83 Å². The zero-order valence-electron chi connectivity index (χ0n) is 13.5. The lowest BCUT2D eigenvalue weighted by Crippen LogP contribution is -2.52. The van der Waals surface area contributed by atoms with Crippen LogP contribution in [0.25, 0.3) is 0 Å². The number of carbonyl (C=O) groups is 1. The molecule has 4 aliphatic carbocycles. The van der Waals surface area contributed by atoms with Gasteiger partial charge in [-0.25, -0.2) is 0 Å². The standard InChI is InChI=1S/C19H29BrO/c1-18-9-4-3-5-12(18)6-7-13-14(18)8-10-19(2)15(13)11-16(20)17(19)21/h12-16H,3-11H2,1-2H3/t12-,13+,14-,15-,16-,18-,19+/m1/s1. The van der Waals surface area contributed by atoms with Crippen LogP contribution in [-0.2, 0) is 4.79 Å². The summed E-state index contributed by atoms with van der Waals surface area (Å²) in [6, 6.07) is 0. The molecular formula is C19H29BrO. The quantitative estimate of drug-likeness (QED) is 0.536. The van der Waals surface area contributed by atoms with Crippen molar-refractivity contribution in [1.82, 2.24) is 0 Å². The molecule has 118 valence electrons. The van der Waals surface area contributed by atoms with E-state index in [1.165, 1.54) is 44.9 Å². The van der Waals surface area contributed by atoms with Gasteiger partial charge in [0.15, 0.2) is 5.78 Å². The number of ketones is 1. The summed E-state index contributed by atoms with van der Waals surface area (Å²) in [5.74, 6) is 3.89. The largest absolute Gasteiger partial charge is 0.298 e. The van der Waals surface area contributed by atoms with Gasteiger partial charge in [-0.3, -0.25) is 4.79 Å². The van der Waals surface area contributed by atoms with Gasteiger partial charge in [-0.2, -0.15) is 0 Å². The van der Waals surface area contributed by atoms with E-state index in [9.17, 15) is 4.79 Å². The number of rotatable bonds is 0. The molecule has 0 saturated heterocycles. The first-order valence-electron chi connectivity index (χ1n) is 9.15. The van der Waals surface area contributed by atoms with Gasteiger partial charge in [-0.15, -0.1) is 0 Å². The smallest absolute Gasteiger partial charge is 0.152 e. The Kier molecular flexibility index (Phi) is 3.38. The molecule has 4 rings (SSSR count). The summed E-state index contributed by atoms with van der Waals surface area (Å²) >= 11 is 3.68. The van der Waals surface area contributed by atoms with Crippen LogP contribution < -0.4 is 0 Å². The van der Waals surface area contributed by atoms with E-state index < -0.39 is 0 Å². The number of halogens is 1. The van der Waals surface area contributed by atoms with Gasteiger partial charge in [-0.05, 0) is 74.0 Å². The number of fused-ring (bicyclic) bond motifs is 5. The highest BCUT2D eigenvalue weighted by Crippen LogP contribution is 2.65. The second-order valence-corrected chi connectivity index (χ2v) is 10.0. The molecule has 0 unspecified atom stereocenters. The van der Waals surface area contributed by atoms with E-state index in [2.05, 4.69) is 29.8 Å². The Hall–Kier alpha value is 0.150. The van der Waals surface area contributed by atoms with Crippen molar-refractivity contribution in [3.8, 4) is 0 Å². The summed E-state index contributed by atoms with van der Waals surface area (Å²) in [7, 11) is 0. The molecule has 0 N–H and O–H groups in total. The SMILES string of the molecule is C[C@@]12CCCC[C@@H]1CC[C@H]1[C@H]2CC[C@]2(C)C(=O)[C@H](Br)C[C@H]12. The van der Waals surface area contributed by atoms with E-state index in [4.69, 9.17) is 0 Å². The van der Waals surface area contributed by atoms with E-state index in [0.29, 0.717) is 17.1 Å². The van der Waals surface area contributed by atoms with E-state index in [1.54, 1.807) is 0 Å². The minimum Gasteiger partial charge on any atom is -0.298 e. The molecule has 0 spiro atoms. The molecule has 0 radical (unpaired) electrons. The van der Waals surface area contributed by atoms with Gasteiger partial charge in [-0.1, -0.05) is 42.6 Å². The lowest BCUT2D eigenvalue weighted by molar-refractivity contribution is -0.138. The van der Waals surface area contributed by atoms with E-state index in [0.717, 1.165) is 30.6 Å². The van der Waals surface area contributed by atoms with Crippen molar-refractivity contribution in [3.05, 3.63) is 0 Å². The van der Waals surface area contributed by atoms with Gasteiger partial charge >= 0.3 is 0 Å². The Labute approximate surface area is 137 Å². The van der Waals surface area contributed by atoms with Gasteiger partial charge in [0, 0.05) is 5.41 Å². The maximum Gasteiger partial charge on any atom is 0.152 e. The van der Waals surface area contributed by atoms with Crippen LogP contribution in [0.15, 0.2) is 0 Å². The molecule has 0 amide bonds. The molecule has 0 heterocycles. The molecule has 0 bridgehead atoms. The summed E-state index contributed by atoms with van der Waals surface area (Å²) in [4.78, 5) is 12.8.